The number of benzene rings is 2. The van der Waals surface area contributed by atoms with Crippen molar-refractivity contribution in [3.63, 3.8) is 0 Å². The van der Waals surface area contributed by atoms with Gasteiger partial charge in [0.1, 0.15) is 5.82 Å². The lowest BCUT2D eigenvalue weighted by molar-refractivity contribution is -0.146. The van der Waals surface area contributed by atoms with Crippen LogP contribution in [-0.4, -0.2) is 38.7 Å². The van der Waals surface area contributed by atoms with Crippen molar-refractivity contribution in [1.29, 1.82) is 0 Å². The summed E-state index contributed by atoms with van der Waals surface area (Å²) in [5, 5.41) is 2.53. The second-order valence-electron chi connectivity index (χ2n) is 7.90. The van der Waals surface area contributed by atoms with Gasteiger partial charge < -0.3 is 19.5 Å². The minimum absolute atomic E-state index is 0.157. The second kappa shape index (κ2) is 10.8. The molecule has 1 aliphatic rings. The van der Waals surface area contributed by atoms with Gasteiger partial charge in [0.25, 0.3) is 5.91 Å². The maximum atomic E-state index is 13.4. The molecule has 0 saturated carbocycles. The van der Waals surface area contributed by atoms with E-state index in [-0.39, 0.29) is 19.1 Å². The zero-order chi connectivity index (χ0) is 25.8. The summed E-state index contributed by atoms with van der Waals surface area (Å²) in [6.45, 7) is 1.84. The minimum Gasteiger partial charge on any atom is -0.493 e. The third-order valence-corrected chi connectivity index (χ3v) is 5.70. The van der Waals surface area contributed by atoms with E-state index in [1.165, 1.54) is 14.2 Å². The zero-order valence-electron chi connectivity index (χ0n) is 19.3. The van der Waals surface area contributed by atoms with E-state index in [9.17, 15) is 27.2 Å². The smallest absolute Gasteiger partial charge is 0.417 e. The molecule has 6 nitrogen and oxygen atoms in total. The van der Waals surface area contributed by atoms with Crippen LogP contribution in [0.25, 0.3) is 0 Å². The van der Waals surface area contributed by atoms with Gasteiger partial charge in [0, 0.05) is 6.04 Å². The largest absolute Gasteiger partial charge is 0.493 e. The Morgan fingerprint density at radius 2 is 1.77 bits per heavy atom. The predicted molar refractivity (Wildman–Crippen MR) is 119 cm³/mol. The lowest BCUT2D eigenvalue weighted by atomic mass is 9.85. The van der Waals surface area contributed by atoms with E-state index in [0.717, 1.165) is 12.1 Å². The van der Waals surface area contributed by atoms with Crippen LogP contribution in [0.4, 0.5) is 17.6 Å². The third kappa shape index (κ3) is 5.93. The van der Waals surface area contributed by atoms with Crippen LogP contribution < -0.4 is 14.8 Å². The van der Waals surface area contributed by atoms with Gasteiger partial charge in [-0.25, -0.2) is 4.39 Å². The molecule has 1 N–H and O–H groups in total. The number of carbonyl (C=O) groups is 2. The molecule has 1 aliphatic carbocycles. The fourth-order valence-corrected chi connectivity index (χ4v) is 4.11. The first-order chi connectivity index (χ1) is 16.6. The Morgan fingerprint density at radius 3 is 2.40 bits per heavy atom. The number of allylic oxidation sites excluding steroid dienone is 1. The summed E-state index contributed by atoms with van der Waals surface area (Å²) in [6.07, 6.45) is -1.32. The summed E-state index contributed by atoms with van der Waals surface area (Å²) in [6, 6.07) is 6.27. The number of ether oxygens (including phenoxy) is 3. The van der Waals surface area contributed by atoms with Crippen LogP contribution in [-0.2, 0) is 15.7 Å². The normalized spacial score (nSPS) is 18.1. The summed E-state index contributed by atoms with van der Waals surface area (Å²) in [4.78, 5) is 25.5. The molecule has 0 fully saturated rings. The highest BCUT2D eigenvalue weighted by atomic mass is 19.4. The van der Waals surface area contributed by atoms with Crippen molar-refractivity contribution in [2.24, 2.45) is 5.92 Å². The Bertz CT molecular complexity index is 1120. The highest BCUT2D eigenvalue weighted by Gasteiger charge is 2.38. The van der Waals surface area contributed by atoms with Gasteiger partial charge in [-0.15, -0.1) is 0 Å². The quantitative estimate of drug-likeness (QED) is 0.321. The number of methoxy groups -OCH3 is 2. The molecule has 0 spiro atoms. The van der Waals surface area contributed by atoms with E-state index in [1.807, 2.05) is 0 Å². The topological polar surface area (TPSA) is 73.9 Å². The molecule has 0 heterocycles. The molecule has 10 heteroatoms. The predicted octanol–water partition coefficient (Wildman–Crippen LogP) is 4.88. The maximum Gasteiger partial charge on any atom is 0.417 e. The Kier molecular flexibility index (Phi) is 8.03. The first kappa shape index (κ1) is 26.1. The van der Waals surface area contributed by atoms with Crippen LogP contribution in [0.2, 0.25) is 0 Å². The highest BCUT2D eigenvalue weighted by molar-refractivity contribution is 5.96. The summed E-state index contributed by atoms with van der Waals surface area (Å²) >= 11 is 0. The Balaban J connectivity index is 1.82. The van der Waals surface area contributed by atoms with Gasteiger partial charge in [-0.3, -0.25) is 9.59 Å². The molecule has 0 bridgehead atoms. The highest BCUT2D eigenvalue weighted by Crippen LogP contribution is 2.38. The van der Waals surface area contributed by atoms with Crippen LogP contribution in [0, 0.1) is 11.7 Å². The van der Waals surface area contributed by atoms with Gasteiger partial charge in [-0.1, -0.05) is 18.2 Å². The van der Waals surface area contributed by atoms with E-state index >= 15 is 0 Å². The summed E-state index contributed by atoms with van der Waals surface area (Å²) in [5.41, 5.74) is -1.44. The number of alkyl halides is 3. The molecule has 0 unspecified atom stereocenters. The molecular weight excluding hydrogens is 470 g/mol. The molecule has 3 atom stereocenters. The van der Waals surface area contributed by atoms with Crippen LogP contribution >= 0.6 is 0 Å². The van der Waals surface area contributed by atoms with Crippen molar-refractivity contribution in [2.45, 2.75) is 31.5 Å². The van der Waals surface area contributed by atoms with Gasteiger partial charge >= 0.3 is 12.1 Å². The van der Waals surface area contributed by atoms with E-state index in [2.05, 4.69) is 5.32 Å². The van der Waals surface area contributed by atoms with Crippen LogP contribution in [0.5, 0.6) is 11.5 Å². The van der Waals surface area contributed by atoms with Crippen LogP contribution in [0.3, 0.4) is 0 Å². The van der Waals surface area contributed by atoms with Gasteiger partial charge in [-0.2, -0.15) is 13.2 Å². The number of hydrogen-bond acceptors (Lipinski definition) is 5. The number of esters is 1. The summed E-state index contributed by atoms with van der Waals surface area (Å²) in [5.74, 6) is -2.84. The van der Waals surface area contributed by atoms with Crippen LogP contribution in [0.1, 0.15) is 40.7 Å². The first-order valence-corrected chi connectivity index (χ1v) is 10.8. The SMILES string of the molecule is CCOC(=O)[C@H](c1ccc(OC)c(OC)c1)[C@H]1C=C[C@H](NC(=O)c2ccc(F)cc2C(F)(F)F)C1. The molecule has 2 aromatic carbocycles. The van der Waals surface area contributed by atoms with E-state index in [4.69, 9.17) is 14.2 Å². The Labute approximate surface area is 199 Å². The third-order valence-electron chi connectivity index (χ3n) is 5.70. The maximum absolute atomic E-state index is 13.4. The lowest BCUT2D eigenvalue weighted by Gasteiger charge is -2.23. The monoisotopic (exact) mass is 495 g/mol. The van der Waals surface area contributed by atoms with Crippen LogP contribution in [0.15, 0.2) is 48.6 Å². The standard InChI is InChI=1S/C25H25F4NO5/c1-4-35-24(32)22(15-6-10-20(33-2)21(12-15)34-3)14-5-8-17(11-14)30-23(31)18-9-7-16(26)13-19(18)25(27,28)29/h5-10,12-14,17,22H,4,11H2,1-3H3,(H,30,31)/t14-,17-,22-/m0/s1. The molecule has 35 heavy (non-hydrogen) atoms. The van der Waals surface area contributed by atoms with E-state index in [1.54, 1.807) is 37.3 Å². The fourth-order valence-electron chi connectivity index (χ4n) is 4.11. The molecule has 0 saturated heterocycles. The number of nitrogens with one attached hydrogen (secondary N) is 1. The number of hydrogen-bond donors (Lipinski definition) is 1. The van der Waals surface area contributed by atoms with Crippen molar-refractivity contribution < 1.29 is 41.4 Å². The Hall–Kier alpha value is -3.56. The molecule has 0 radical (unpaired) electrons. The summed E-state index contributed by atoms with van der Waals surface area (Å²) < 4.78 is 69.1. The molecule has 0 aromatic heterocycles. The molecular formula is C25H25F4NO5. The van der Waals surface area contributed by atoms with Gasteiger partial charge in [0.05, 0.1) is 37.9 Å². The molecule has 2 aromatic rings. The fraction of sp³-hybridized carbons (Fsp3) is 0.360. The first-order valence-electron chi connectivity index (χ1n) is 10.8. The van der Waals surface area contributed by atoms with Gasteiger partial charge in [0.2, 0.25) is 0 Å². The van der Waals surface area contributed by atoms with Crippen molar-refractivity contribution in [2.75, 3.05) is 20.8 Å². The lowest BCUT2D eigenvalue weighted by Crippen LogP contribution is -2.35. The van der Waals surface area contributed by atoms with E-state index in [0.29, 0.717) is 17.1 Å². The molecule has 3 rings (SSSR count). The van der Waals surface area contributed by atoms with Crippen molar-refractivity contribution in [1.82, 2.24) is 5.32 Å². The Morgan fingerprint density at radius 1 is 1.06 bits per heavy atom. The number of amides is 1. The number of carbonyl (C=O) groups excluding carboxylic acids is 2. The van der Waals surface area contributed by atoms with Crippen molar-refractivity contribution in [3.05, 3.63) is 71.1 Å². The molecule has 188 valence electrons. The van der Waals surface area contributed by atoms with Gasteiger partial charge in [0.15, 0.2) is 11.5 Å². The number of rotatable bonds is 8. The van der Waals surface area contributed by atoms with E-state index < -0.39 is 52.9 Å². The van der Waals surface area contributed by atoms with Gasteiger partial charge in [-0.05, 0) is 55.2 Å². The van der Waals surface area contributed by atoms with Crippen molar-refractivity contribution in [3.8, 4) is 11.5 Å². The van der Waals surface area contributed by atoms with Crippen molar-refractivity contribution >= 4 is 11.9 Å². The number of halogens is 4. The average Bonchev–Trinajstić information content (AvgIpc) is 3.26. The summed E-state index contributed by atoms with van der Waals surface area (Å²) in [7, 11) is 2.95. The zero-order valence-corrected chi connectivity index (χ0v) is 19.3. The molecule has 0 aliphatic heterocycles. The average molecular weight is 495 g/mol. The minimum atomic E-state index is -4.90. The molecule has 1 amide bonds. The second-order valence-corrected chi connectivity index (χ2v) is 7.90.